The molecule has 0 aliphatic carbocycles. The van der Waals surface area contributed by atoms with E-state index in [1.807, 2.05) is 0 Å². The zero-order valence-corrected chi connectivity index (χ0v) is 9.61. The van der Waals surface area contributed by atoms with Crippen molar-refractivity contribution in [1.29, 1.82) is 0 Å². The number of likely N-dealkylation sites (N-methyl/N-ethyl adjacent to an activating group) is 1. The van der Waals surface area contributed by atoms with Crippen LogP contribution in [0.1, 0.15) is 12.0 Å². The van der Waals surface area contributed by atoms with Crippen molar-refractivity contribution in [2.75, 3.05) is 27.2 Å². The second-order valence-corrected chi connectivity index (χ2v) is 4.28. The summed E-state index contributed by atoms with van der Waals surface area (Å²) in [5.74, 6) is 1.44. The largest absolute Gasteiger partial charge is 0.268 e. The second kappa shape index (κ2) is 4.47. The molecule has 15 heavy (non-hydrogen) atoms. The number of nitrogens with zero attached hydrogens (tertiary/aromatic N) is 2. The van der Waals surface area contributed by atoms with Gasteiger partial charge in [0.2, 0.25) is 0 Å². The minimum absolute atomic E-state index is 1.05. The molecule has 1 aliphatic rings. The van der Waals surface area contributed by atoms with Crippen molar-refractivity contribution in [1.82, 2.24) is 4.90 Å². The highest BCUT2D eigenvalue weighted by Gasteiger charge is 2.21. The minimum atomic E-state index is 1.05. The Balaban J connectivity index is 2.17. The third-order valence-corrected chi connectivity index (χ3v) is 3.07. The predicted molar refractivity (Wildman–Crippen MR) is 63.5 cm³/mol. The average Bonchev–Trinajstić information content (AvgIpc) is 2.25. The second-order valence-electron chi connectivity index (χ2n) is 4.28. The molecule has 2 nitrogen and oxygen atoms in total. The molecule has 80 valence electrons. The Morgan fingerprint density at radius 2 is 2.00 bits per heavy atom. The predicted octanol–water partition coefficient (Wildman–Crippen LogP) is 1.61. The number of hydrogen-bond donors (Lipinski definition) is 0. The van der Waals surface area contributed by atoms with Crippen molar-refractivity contribution in [3.63, 3.8) is 0 Å². The average molecular weight is 203 g/mol. The van der Waals surface area contributed by atoms with Gasteiger partial charge < -0.3 is 0 Å². The van der Waals surface area contributed by atoms with Gasteiger partial charge in [-0.3, -0.25) is 9.48 Å². The maximum Gasteiger partial charge on any atom is 0.250 e. The first-order valence-electron chi connectivity index (χ1n) is 5.59. The summed E-state index contributed by atoms with van der Waals surface area (Å²) >= 11 is 0. The number of rotatable bonds is 2. The lowest BCUT2D eigenvalue weighted by Crippen LogP contribution is -2.41. The van der Waals surface area contributed by atoms with E-state index in [1.54, 1.807) is 0 Å². The third-order valence-electron chi connectivity index (χ3n) is 3.07. The van der Waals surface area contributed by atoms with Crippen LogP contribution in [-0.2, 0) is 6.42 Å². The minimum Gasteiger partial charge on any atom is -0.268 e. The van der Waals surface area contributed by atoms with Crippen LogP contribution >= 0.6 is 0 Å². The molecule has 1 aromatic rings. The van der Waals surface area contributed by atoms with Crippen molar-refractivity contribution >= 4 is 5.84 Å². The lowest BCUT2D eigenvalue weighted by atomic mass is 10.1. The van der Waals surface area contributed by atoms with Gasteiger partial charge in [0.25, 0.3) is 5.84 Å². The molecule has 1 aromatic carbocycles. The highest BCUT2D eigenvalue weighted by molar-refractivity contribution is 5.80. The quantitative estimate of drug-likeness (QED) is 0.662. The summed E-state index contributed by atoms with van der Waals surface area (Å²) in [7, 11) is 4.38. The van der Waals surface area contributed by atoms with Crippen LogP contribution in [0.15, 0.2) is 30.3 Å². The van der Waals surface area contributed by atoms with Gasteiger partial charge in [-0.05, 0) is 5.56 Å². The molecule has 0 unspecified atom stereocenters. The van der Waals surface area contributed by atoms with Crippen LogP contribution in [0, 0.1) is 0 Å². The molecule has 0 saturated carbocycles. The van der Waals surface area contributed by atoms with Crippen molar-refractivity contribution in [2.45, 2.75) is 12.8 Å². The van der Waals surface area contributed by atoms with Gasteiger partial charge in [-0.25, -0.2) is 0 Å². The smallest absolute Gasteiger partial charge is 0.250 e. The van der Waals surface area contributed by atoms with Crippen LogP contribution in [0.4, 0.5) is 0 Å². The maximum atomic E-state index is 2.37. The summed E-state index contributed by atoms with van der Waals surface area (Å²) in [5, 5.41) is 0. The van der Waals surface area contributed by atoms with Crippen molar-refractivity contribution in [3.8, 4) is 0 Å². The van der Waals surface area contributed by atoms with Gasteiger partial charge in [0.05, 0.1) is 33.6 Å². The first kappa shape index (κ1) is 10.2. The molecular formula is C13H19N2+. The summed E-state index contributed by atoms with van der Waals surface area (Å²) in [6, 6.07) is 10.7. The number of amidine groups is 1. The molecule has 0 atom stereocenters. The zero-order chi connectivity index (χ0) is 10.7. The molecule has 0 spiro atoms. The number of hydrogen-bond acceptors (Lipinski definition) is 1. The van der Waals surface area contributed by atoms with Crippen LogP contribution in [0.2, 0.25) is 0 Å². The van der Waals surface area contributed by atoms with Gasteiger partial charge in [-0.1, -0.05) is 30.3 Å². The van der Waals surface area contributed by atoms with Crippen molar-refractivity contribution < 1.29 is 4.58 Å². The van der Waals surface area contributed by atoms with E-state index < -0.39 is 0 Å². The normalized spacial score (nSPS) is 17.1. The molecule has 0 aromatic heterocycles. The van der Waals surface area contributed by atoms with E-state index >= 15 is 0 Å². The Labute approximate surface area is 91.8 Å². The van der Waals surface area contributed by atoms with E-state index in [-0.39, 0.29) is 0 Å². The Morgan fingerprint density at radius 3 is 2.67 bits per heavy atom. The van der Waals surface area contributed by atoms with E-state index in [4.69, 9.17) is 0 Å². The van der Waals surface area contributed by atoms with Crippen LogP contribution in [0.25, 0.3) is 0 Å². The summed E-state index contributed by atoms with van der Waals surface area (Å²) in [6.45, 7) is 2.37. The van der Waals surface area contributed by atoms with Crippen molar-refractivity contribution in [3.05, 3.63) is 35.9 Å². The molecule has 1 aliphatic heterocycles. The van der Waals surface area contributed by atoms with Crippen LogP contribution < -0.4 is 0 Å². The fourth-order valence-electron chi connectivity index (χ4n) is 2.14. The molecule has 0 fully saturated rings. The summed E-state index contributed by atoms with van der Waals surface area (Å²) in [4.78, 5) is 2.37. The van der Waals surface area contributed by atoms with E-state index in [0.717, 1.165) is 6.42 Å². The van der Waals surface area contributed by atoms with Crippen LogP contribution in [-0.4, -0.2) is 42.5 Å². The lowest BCUT2D eigenvalue weighted by Gasteiger charge is -2.22. The molecule has 0 N–H and O–H groups in total. The molecule has 1 heterocycles. The molecule has 0 radical (unpaired) electrons. The van der Waals surface area contributed by atoms with E-state index in [9.17, 15) is 0 Å². The van der Waals surface area contributed by atoms with Crippen LogP contribution in [0.5, 0.6) is 0 Å². The molecule has 2 heteroatoms. The monoisotopic (exact) mass is 203 g/mol. The van der Waals surface area contributed by atoms with E-state index in [1.165, 1.54) is 30.9 Å². The molecule has 0 bridgehead atoms. The molecular weight excluding hydrogens is 184 g/mol. The Bertz CT molecular complexity index is 354. The first-order valence-corrected chi connectivity index (χ1v) is 5.59. The number of benzene rings is 1. The Kier molecular flexibility index (Phi) is 3.05. The topological polar surface area (TPSA) is 6.25 Å². The van der Waals surface area contributed by atoms with E-state index in [0.29, 0.717) is 0 Å². The highest BCUT2D eigenvalue weighted by Crippen LogP contribution is 2.06. The standard InChI is InChI=1S/C13H19N2/c1-14-9-6-10-15(2)13(14)11-12-7-4-3-5-8-12/h3-5,7-8H,6,9-11H2,1-2H3/q+1. The third kappa shape index (κ3) is 2.38. The van der Waals surface area contributed by atoms with Crippen LogP contribution in [0.3, 0.4) is 0 Å². The summed E-state index contributed by atoms with van der Waals surface area (Å²) < 4.78 is 2.37. The summed E-state index contributed by atoms with van der Waals surface area (Å²) in [6.07, 6.45) is 2.32. The van der Waals surface area contributed by atoms with Gasteiger partial charge in [0.1, 0.15) is 0 Å². The van der Waals surface area contributed by atoms with Crippen molar-refractivity contribution in [2.24, 2.45) is 0 Å². The van der Waals surface area contributed by atoms with Gasteiger partial charge in [-0.15, -0.1) is 0 Å². The molecule has 0 saturated heterocycles. The van der Waals surface area contributed by atoms with E-state index in [2.05, 4.69) is 53.9 Å². The fraction of sp³-hybridized carbons (Fsp3) is 0.462. The zero-order valence-electron chi connectivity index (χ0n) is 9.61. The molecule has 0 amide bonds. The van der Waals surface area contributed by atoms with Gasteiger partial charge in [-0.2, -0.15) is 0 Å². The Hall–Kier alpha value is -1.31. The molecule has 2 rings (SSSR count). The lowest BCUT2D eigenvalue weighted by molar-refractivity contribution is -0.509. The van der Waals surface area contributed by atoms with Gasteiger partial charge in [0, 0.05) is 6.42 Å². The van der Waals surface area contributed by atoms with Gasteiger partial charge >= 0.3 is 0 Å². The fourth-order valence-corrected chi connectivity index (χ4v) is 2.14. The first-order chi connectivity index (χ1) is 7.27. The summed E-state index contributed by atoms with van der Waals surface area (Å²) in [5.41, 5.74) is 1.40. The Morgan fingerprint density at radius 1 is 1.27 bits per heavy atom. The highest BCUT2D eigenvalue weighted by atomic mass is 15.2. The SMILES string of the molecule is CN1CCC[N+](C)=C1Cc1ccccc1. The maximum absolute atomic E-state index is 2.37. The van der Waals surface area contributed by atoms with Gasteiger partial charge in [0.15, 0.2) is 0 Å².